The van der Waals surface area contributed by atoms with Crippen LogP contribution in [0.15, 0.2) is 36.5 Å². The number of hydrogen-bond acceptors (Lipinski definition) is 1. The number of carbonyl (C=O) groups is 1. The van der Waals surface area contributed by atoms with Gasteiger partial charge in [0, 0.05) is 6.42 Å². The van der Waals surface area contributed by atoms with Crippen molar-refractivity contribution in [3.05, 3.63) is 36.5 Å². The van der Waals surface area contributed by atoms with E-state index in [1.54, 1.807) is 0 Å². The standard InChI is InChI=1S/C18H30NO/c1-2-3-4-5-6-7-8-9-10-11-12-13-14-15-16-17-18(19)20/h3-4,6-7,9-10,19H,2,5,8,11-17H2,1H3/b4-3-,7-6-,10-9-. The SMILES string of the molecule is CC/C=C\C/C=C\C/C=C\CCCCCCCC([NH])=O. The minimum atomic E-state index is -0.425. The first-order chi connectivity index (χ1) is 9.77. The third-order valence-electron chi connectivity index (χ3n) is 3.05. The molecule has 0 atom stereocenters. The number of carbonyl (C=O) groups excluding carboxylic acids is 1. The van der Waals surface area contributed by atoms with Gasteiger partial charge in [-0.25, -0.2) is 0 Å². The van der Waals surface area contributed by atoms with E-state index in [4.69, 9.17) is 5.73 Å². The van der Waals surface area contributed by atoms with Crippen LogP contribution in [0.25, 0.3) is 0 Å². The largest absolute Gasteiger partial charge is 0.273 e. The average Bonchev–Trinajstić information content (AvgIpc) is 2.43. The van der Waals surface area contributed by atoms with E-state index in [1.807, 2.05) is 0 Å². The van der Waals surface area contributed by atoms with Gasteiger partial charge in [0.15, 0.2) is 0 Å². The summed E-state index contributed by atoms with van der Waals surface area (Å²) in [5, 5.41) is 0. The first kappa shape index (κ1) is 18.7. The van der Waals surface area contributed by atoms with Crippen LogP contribution >= 0.6 is 0 Å². The third-order valence-corrected chi connectivity index (χ3v) is 3.05. The van der Waals surface area contributed by atoms with Gasteiger partial charge >= 0.3 is 0 Å². The van der Waals surface area contributed by atoms with Crippen LogP contribution in [0.1, 0.15) is 71.1 Å². The summed E-state index contributed by atoms with van der Waals surface area (Å²) in [4.78, 5) is 10.4. The van der Waals surface area contributed by atoms with E-state index in [2.05, 4.69) is 43.4 Å². The Hall–Kier alpha value is -1.31. The molecule has 0 saturated heterocycles. The summed E-state index contributed by atoms with van der Waals surface area (Å²) in [5.41, 5.74) is 6.79. The van der Waals surface area contributed by atoms with Gasteiger partial charge in [0.1, 0.15) is 0 Å². The Balaban J connectivity index is 3.23. The van der Waals surface area contributed by atoms with Gasteiger partial charge < -0.3 is 0 Å². The van der Waals surface area contributed by atoms with Gasteiger partial charge in [-0.2, -0.15) is 0 Å². The molecule has 0 aliphatic carbocycles. The van der Waals surface area contributed by atoms with Gasteiger partial charge in [-0.3, -0.25) is 10.5 Å². The summed E-state index contributed by atoms with van der Waals surface area (Å²) >= 11 is 0. The molecule has 1 amide bonds. The Morgan fingerprint density at radius 2 is 1.35 bits per heavy atom. The second kappa shape index (κ2) is 15.7. The zero-order valence-electron chi connectivity index (χ0n) is 12.9. The topological polar surface area (TPSA) is 40.9 Å². The van der Waals surface area contributed by atoms with Crippen molar-refractivity contribution in [1.82, 2.24) is 5.73 Å². The number of unbranched alkanes of at least 4 members (excludes halogenated alkanes) is 5. The van der Waals surface area contributed by atoms with Crippen LogP contribution in [0.5, 0.6) is 0 Å². The minimum absolute atomic E-state index is 0.425. The summed E-state index contributed by atoms with van der Waals surface area (Å²) in [6.45, 7) is 2.15. The van der Waals surface area contributed by atoms with Crippen molar-refractivity contribution in [2.75, 3.05) is 0 Å². The van der Waals surface area contributed by atoms with E-state index in [0.717, 1.165) is 38.5 Å². The number of allylic oxidation sites excluding steroid dienone is 6. The lowest BCUT2D eigenvalue weighted by Crippen LogP contribution is -1.96. The predicted molar refractivity (Wildman–Crippen MR) is 87.4 cm³/mol. The fourth-order valence-corrected chi connectivity index (χ4v) is 1.90. The van der Waals surface area contributed by atoms with Crippen LogP contribution in [0.4, 0.5) is 0 Å². The zero-order valence-corrected chi connectivity index (χ0v) is 12.9. The van der Waals surface area contributed by atoms with Crippen LogP contribution in [0.2, 0.25) is 0 Å². The Kier molecular flexibility index (Phi) is 14.7. The fraction of sp³-hybridized carbons (Fsp3) is 0.611. The summed E-state index contributed by atoms with van der Waals surface area (Å²) in [6, 6.07) is 0. The first-order valence-electron chi connectivity index (χ1n) is 7.96. The molecule has 113 valence electrons. The molecule has 0 aliphatic heterocycles. The van der Waals surface area contributed by atoms with E-state index in [1.165, 1.54) is 19.3 Å². The highest BCUT2D eigenvalue weighted by atomic mass is 16.1. The number of rotatable bonds is 13. The van der Waals surface area contributed by atoms with Crippen molar-refractivity contribution in [3.63, 3.8) is 0 Å². The van der Waals surface area contributed by atoms with Crippen LogP contribution in [-0.4, -0.2) is 5.91 Å². The van der Waals surface area contributed by atoms with E-state index in [-0.39, 0.29) is 0 Å². The molecule has 2 nitrogen and oxygen atoms in total. The molecule has 1 radical (unpaired) electrons. The Labute approximate surface area is 124 Å². The Morgan fingerprint density at radius 3 is 2.00 bits per heavy atom. The zero-order chi connectivity index (χ0) is 14.9. The average molecular weight is 276 g/mol. The monoisotopic (exact) mass is 276 g/mol. The Morgan fingerprint density at radius 1 is 0.800 bits per heavy atom. The Bertz CT molecular complexity index is 303. The van der Waals surface area contributed by atoms with Crippen LogP contribution in [0.3, 0.4) is 0 Å². The molecule has 0 rings (SSSR count). The van der Waals surface area contributed by atoms with E-state index in [9.17, 15) is 4.79 Å². The summed E-state index contributed by atoms with van der Waals surface area (Å²) in [5.74, 6) is -0.425. The molecule has 0 spiro atoms. The maximum atomic E-state index is 10.4. The molecule has 0 heterocycles. The van der Waals surface area contributed by atoms with Gasteiger partial charge in [0.25, 0.3) is 0 Å². The van der Waals surface area contributed by atoms with Crippen molar-refractivity contribution in [1.29, 1.82) is 0 Å². The van der Waals surface area contributed by atoms with Gasteiger partial charge in [-0.15, -0.1) is 0 Å². The molecule has 20 heavy (non-hydrogen) atoms. The van der Waals surface area contributed by atoms with Crippen LogP contribution in [0, 0.1) is 0 Å². The van der Waals surface area contributed by atoms with Crippen LogP contribution in [-0.2, 0) is 4.79 Å². The second-order valence-corrected chi connectivity index (χ2v) is 5.02. The lowest BCUT2D eigenvalue weighted by molar-refractivity contribution is -0.118. The lowest BCUT2D eigenvalue weighted by Gasteiger charge is -1.98. The lowest BCUT2D eigenvalue weighted by atomic mass is 10.1. The summed E-state index contributed by atoms with van der Waals surface area (Å²) in [7, 11) is 0. The molecule has 0 saturated carbocycles. The molecule has 0 aromatic heterocycles. The minimum Gasteiger partial charge on any atom is -0.273 e. The van der Waals surface area contributed by atoms with E-state index < -0.39 is 5.91 Å². The van der Waals surface area contributed by atoms with Crippen molar-refractivity contribution >= 4 is 5.91 Å². The molecule has 1 N–H and O–H groups in total. The van der Waals surface area contributed by atoms with Gasteiger partial charge in [-0.1, -0.05) is 62.6 Å². The van der Waals surface area contributed by atoms with Gasteiger partial charge in [0.2, 0.25) is 5.91 Å². The quantitative estimate of drug-likeness (QED) is 0.328. The summed E-state index contributed by atoms with van der Waals surface area (Å²) < 4.78 is 0. The molecule has 0 fully saturated rings. The molecule has 2 heteroatoms. The first-order valence-corrected chi connectivity index (χ1v) is 7.96. The fourth-order valence-electron chi connectivity index (χ4n) is 1.90. The molecule has 0 aromatic rings. The molecular weight excluding hydrogens is 246 g/mol. The van der Waals surface area contributed by atoms with Crippen molar-refractivity contribution < 1.29 is 4.79 Å². The third kappa shape index (κ3) is 16.7. The van der Waals surface area contributed by atoms with Crippen molar-refractivity contribution in [3.8, 4) is 0 Å². The second-order valence-electron chi connectivity index (χ2n) is 5.02. The molecule has 0 bridgehead atoms. The van der Waals surface area contributed by atoms with Crippen LogP contribution < -0.4 is 5.73 Å². The number of amides is 1. The highest BCUT2D eigenvalue weighted by molar-refractivity contribution is 5.72. The number of nitrogens with one attached hydrogen (secondary N) is 1. The highest BCUT2D eigenvalue weighted by Gasteiger charge is 1.94. The molecule has 0 aromatic carbocycles. The summed E-state index contributed by atoms with van der Waals surface area (Å²) in [6.07, 6.45) is 23.7. The molecule has 0 unspecified atom stereocenters. The maximum absolute atomic E-state index is 10.4. The number of hydrogen-bond donors (Lipinski definition) is 0. The normalized spacial score (nSPS) is 12.1. The van der Waals surface area contributed by atoms with Gasteiger partial charge in [0.05, 0.1) is 0 Å². The van der Waals surface area contributed by atoms with Crippen molar-refractivity contribution in [2.24, 2.45) is 0 Å². The van der Waals surface area contributed by atoms with Crippen molar-refractivity contribution in [2.45, 2.75) is 71.1 Å². The van der Waals surface area contributed by atoms with E-state index in [0.29, 0.717) is 6.42 Å². The smallest absolute Gasteiger partial charge is 0.238 e. The molecular formula is C18H30NO. The predicted octanol–water partition coefficient (Wildman–Crippen LogP) is 5.39. The molecule has 0 aliphatic rings. The maximum Gasteiger partial charge on any atom is 0.238 e. The highest BCUT2D eigenvalue weighted by Crippen LogP contribution is 2.07. The van der Waals surface area contributed by atoms with E-state index >= 15 is 0 Å². The van der Waals surface area contributed by atoms with Gasteiger partial charge in [-0.05, 0) is 38.5 Å².